The molecule has 0 saturated heterocycles. The Kier molecular flexibility index (Phi) is 18.0. The maximum atomic E-state index is 13.7. The Bertz CT molecular complexity index is 533. The Morgan fingerprint density at radius 2 is 1.74 bits per heavy atom. The summed E-state index contributed by atoms with van der Waals surface area (Å²) in [6.45, 7) is 6.46. The molecule has 0 aromatic carbocycles. The lowest BCUT2D eigenvalue weighted by atomic mass is 10.2. The van der Waals surface area contributed by atoms with E-state index in [0.29, 0.717) is 12.2 Å². The fraction of sp³-hybridized carbons (Fsp3) is 0.750. The smallest absolute Gasteiger partial charge is 0.330 e. The van der Waals surface area contributed by atoms with Gasteiger partial charge >= 0.3 is 17.9 Å². The number of alkyl halides is 1. The minimum atomic E-state index is -1.55. The number of aliphatic hydroxyl groups excluding tert-OH is 1. The standard InChI is InChI=1S/C20H33FO9S/c1-4-16(26-7-6-22)12-17(21)27-8-9-29-19(24)14-31-13-15(3)20(25)30-11-10-28-18(23)5-2/h5,15-17,22H,2,4,6-14H2,1,3H3. The first-order valence-corrected chi connectivity index (χ1v) is 11.2. The van der Waals surface area contributed by atoms with Crippen molar-refractivity contribution in [2.75, 3.05) is 51.1 Å². The average molecular weight is 469 g/mol. The van der Waals surface area contributed by atoms with E-state index >= 15 is 0 Å². The van der Waals surface area contributed by atoms with Crippen molar-refractivity contribution in [3.05, 3.63) is 12.7 Å². The molecular formula is C20H33FO9S. The molecule has 9 nitrogen and oxygen atoms in total. The zero-order chi connectivity index (χ0) is 23.5. The van der Waals surface area contributed by atoms with Crippen molar-refractivity contribution in [1.29, 1.82) is 0 Å². The van der Waals surface area contributed by atoms with E-state index in [1.54, 1.807) is 6.92 Å². The van der Waals surface area contributed by atoms with Crippen molar-refractivity contribution in [3.63, 3.8) is 0 Å². The van der Waals surface area contributed by atoms with Crippen molar-refractivity contribution in [3.8, 4) is 0 Å². The van der Waals surface area contributed by atoms with Gasteiger partial charge in [-0.25, -0.2) is 9.18 Å². The lowest BCUT2D eigenvalue weighted by Gasteiger charge is -2.18. The molecule has 0 aromatic rings. The second-order valence-electron chi connectivity index (χ2n) is 6.32. The number of ether oxygens (including phenoxy) is 5. The van der Waals surface area contributed by atoms with Crippen LogP contribution in [0.3, 0.4) is 0 Å². The van der Waals surface area contributed by atoms with Crippen LogP contribution in [-0.2, 0) is 38.1 Å². The van der Waals surface area contributed by atoms with Crippen LogP contribution in [0.1, 0.15) is 26.7 Å². The highest BCUT2D eigenvalue weighted by Gasteiger charge is 2.17. The average Bonchev–Trinajstić information content (AvgIpc) is 2.76. The molecule has 0 spiro atoms. The van der Waals surface area contributed by atoms with Crippen LogP contribution < -0.4 is 0 Å². The van der Waals surface area contributed by atoms with Gasteiger partial charge in [-0.05, 0) is 6.42 Å². The molecule has 0 bridgehead atoms. The molecule has 11 heteroatoms. The second-order valence-corrected chi connectivity index (χ2v) is 7.35. The first kappa shape index (κ1) is 29.3. The summed E-state index contributed by atoms with van der Waals surface area (Å²) in [4.78, 5) is 34.3. The normalized spacial score (nSPS) is 13.7. The van der Waals surface area contributed by atoms with Crippen molar-refractivity contribution in [2.45, 2.75) is 39.2 Å². The third kappa shape index (κ3) is 16.6. The molecule has 3 atom stereocenters. The molecule has 0 aromatic heterocycles. The summed E-state index contributed by atoms with van der Waals surface area (Å²) in [7, 11) is 0. The van der Waals surface area contributed by atoms with Crippen molar-refractivity contribution < 1.29 is 47.6 Å². The first-order valence-electron chi connectivity index (χ1n) is 10.0. The second kappa shape index (κ2) is 19.0. The van der Waals surface area contributed by atoms with E-state index in [1.165, 1.54) is 11.8 Å². The molecule has 0 saturated carbocycles. The van der Waals surface area contributed by atoms with E-state index in [-0.39, 0.29) is 57.9 Å². The highest BCUT2D eigenvalue weighted by molar-refractivity contribution is 7.99. The number of hydrogen-bond acceptors (Lipinski definition) is 10. The number of rotatable bonds is 19. The van der Waals surface area contributed by atoms with E-state index in [1.807, 2.05) is 6.92 Å². The third-order valence-corrected chi connectivity index (χ3v) is 4.90. The summed E-state index contributed by atoms with van der Waals surface area (Å²) >= 11 is 1.20. The van der Waals surface area contributed by atoms with Gasteiger partial charge in [0.1, 0.15) is 19.8 Å². The van der Waals surface area contributed by atoms with E-state index in [0.717, 1.165) is 6.08 Å². The molecule has 0 aliphatic carbocycles. The summed E-state index contributed by atoms with van der Waals surface area (Å²) in [5.74, 6) is -1.65. The third-order valence-electron chi connectivity index (χ3n) is 3.72. The van der Waals surface area contributed by atoms with Gasteiger partial charge in [0, 0.05) is 18.2 Å². The zero-order valence-electron chi connectivity index (χ0n) is 18.1. The zero-order valence-corrected chi connectivity index (χ0v) is 18.9. The maximum absolute atomic E-state index is 13.7. The van der Waals surface area contributed by atoms with Gasteiger partial charge < -0.3 is 28.8 Å². The van der Waals surface area contributed by atoms with E-state index in [9.17, 15) is 18.8 Å². The van der Waals surface area contributed by atoms with Gasteiger partial charge in [-0.3, -0.25) is 9.59 Å². The van der Waals surface area contributed by atoms with Crippen LogP contribution >= 0.6 is 11.8 Å². The van der Waals surface area contributed by atoms with Gasteiger partial charge in [0.05, 0.1) is 37.6 Å². The van der Waals surface area contributed by atoms with Crippen LogP contribution in [0.25, 0.3) is 0 Å². The molecule has 1 N–H and O–H groups in total. The Labute approximate surface area is 186 Å². The highest BCUT2D eigenvalue weighted by Crippen LogP contribution is 2.12. The molecule has 180 valence electrons. The monoisotopic (exact) mass is 468 g/mol. The van der Waals surface area contributed by atoms with Gasteiger partial charge in [0.25, 0.3) is 0 Å². The van der Waals surface area contributed by atoms with E-state index < -0.39 is 30.2 Å². The van der Waals surface area contributed by atoms with Gasteiger partial charge in [0.2, 0.25) is 6.36 Å². The molecule has 31 heavy (non-hydrogen) atoms. The Balaban J connectivity index is 3.79. The van der Waals surface area contributed by atoms with Crippen molar-refractivity contribution >= 4 is 29.7 Å². The lowest BCUT2D eigenvalue weighted by molar-refractivity contribution is -0.152. The summed E-state index contributed by atoms with van der Waals surface area (Å²) in [6, 6.07) is 0. The molecule has 0 heterocycles. The SMILES string of the molecule is C=CC(=O)OCCOC(=O)C(C)CSCC(=O)OCCOC(F)CC(CC)OCCO. The van der Waals surface area contributed by atoms with Crippen LogP contribution in [-0.4, -0.2) is 86.6 Å². The minimum Gasteiger partial charge on any atom is -0.463 e. The Morgan fingerprint density at radius 3 is 2.39 bits per heavy atom. The fourth-order valence-corrected chi connectivity index (χ4v) is 2.95. The molecule has 0 aliphatic rings. The van der Waals surface area contributed by atoms with Crippen LogP contribution in [0, 0.1) is 5.92 Å². The molecule has 0 fully saturated rings. The predicted octanol–water partition coefficient (Wildman–Crippen LogP) is 1.66. The molecule has 0 amide bonds. The van der Waals surface area contributed by atoms with Gasteiger partial charge in [-0.2, -0.15) is 0 Å². The van der Waals surface area contributed by atoms with Gasteiger partial charge in [0.15, 0.2) is 0 Å². The number of hydrogen-bond donors (Lipinski definition) is 1. The maximum Gasteiger partial charge on any atom is 0.330 e. The summed E-state index contributed by atoms with van der Waals surface area (Å²) in [5, 5.41) is 8.72. The number of esters is 3. The highest BCUT2D eigenvalue weighted by atomic mass is 32.2. The number of carbonyl (C=O) groups excluding carboxylic acids is 3. The van der Waals surface area contributed by atoms with Crippen LogP contribution in [0.2, 0.25) is 0 Å². The number of carbonyl (C=O) groups is 3. The fourth-order valence-electron chi connectivity index (χ4n) is 2.09. The molecule has 0 rings (SSSR count). The van der Waals surface area contributed by atoms with Gasteiger partial charge in [-0.15, -0.1) is 11.8 Å². The van der Waals surface area contributed by atoms with Crippen LogP contribution in [0.4, 0.5) is 4.39 Å². The Morgan fingerprint density at radius 1 is 1.06 bits per heavy atom. The molecule has 3 unspecified atom stereocenters. The molecular weight excluding hydrogens is 435 g/mol. The van der Waals surface area contributed by atoms with Crippen molar-refractivity contribution in [2.24, 2.45) is 5.92 Å². The van der Waals surface area contributed by atoms with Crippen LogP contribution in [0.15, 0.2) is 12.7 Å². The Hall–Kier alpha value is -1.69. The minimum absolute atomic E-state index is 0.0283. The topological polar surface area (TPSA) is 118 Å². The lowest BCUT2D eigenvalue weighted by Crippen LogP contribution is -2.23. The first-order chi connectivity index (χ1) is 14.8. The predicted molar refractivity (Wildman–Crippen MR) is 112 cm³/mol. The quantitative estimate of drug-likeness (QED) is 0.130. The summed E-state index contributed by atoms with van der Waals surface area (Å²) in [6.07, 6.45) is -0.267. The largest absolute Gasteiger partial charge is 0.463 e. The molecule has 0 aliphatic heterocycles. The summed E-state index contributed by atoms with van der Waals surface area (Å²) in [5.41, 5.74) is 0. The van der Waals surface area contributed by atoms with E-state index in [4.69, 9.17) is 24.1 Å². The van der Waals surface area contributed by atoms with E-state index in [2.05, 4.69) is 11.3 Å². The number of halogens is 1. The summed E-state index contributed by atoms with van der Waals surface area (Å²) < 4.78 is 38.6. The molecule has 0 radical (unpaired) electrons. The van der Waals surface area contributed by atoms with Crippen molar-refractivity contribution in [1.82, 2.24) is 0 Å². The number of aliphatic hydroxyl groups is 1. The van der Waals surface area contributed by atoms with Crippen LogP contribution in [0.5, 0.6) is 0 Å². The number of thioether (sulfide) groups is 1. The van der Waals surface area contributed by atoms with Gasteiger partial charge in [-0.1, -0.05) is 20.4 Å².